The standard InChI is InChI=1S/C11H13ClN2O/c1-7(2)14-10(6-13)8-3-4-11(15)9(12)5-8/h3-5,7,10,14-15H,1-2H3. The van der Waals surface area contributed by atoms with Crippen molar-refractivity contribution in [1.29, 1.82) is 5.26 Å². The molecule has 0 spiro atoms. The number of aromatic hydroxyl groups is 1. The molecule has 0 aliphatic heterocycles. The van der Waals surface area contributed by atoms with Gasteiger partial charge in [-0.2, -0.15) is 5.26 Å². The molecule has 4 heteroatoms. The number of nitrogens with one attached hydrogen (secondary N) is 1. The molecule has 2 N–H and O–H groups in total. The van der Waals surface area contributed by atoms with Gasteiger partial charge in [-0.25, -0.2) is 0 Å². The van der Waals surface area contributed by atoms with Crippen LogP contribution in [-0.4, -0.2) is 11.1 Å². The molecule has 15 heavy (non-hydrogen) atoms. The molecule has 1 atom stereocenters. The normalized spacial score (nSPS) is 12.5. The lowest BCUT2D eigenvalue weighted by atomic mass is 10.1. The topological polar surface area (TPSA) is 56.0 Å². The molecule has 0 bridgehead atoms. The number of phenolic OH excluding ortho intramolecular Hbond substituents is 1. The second-order valence-corrected chi connectivity index (χ2v) is 4.00. The highest BCUT2D eigenvalue weighted by atomic mass is 35.5. The molecular weight excluding hydrogens is 212 g/mol. The Bertz CT molecular complexity index is 385. The van der Waals surface area contributed by atoms with E-state index < -0.39 is 6.04 Å². The van der Waals surface area contributed by atoms with Gasteiger partial charge in [-0.3, -0.25) is 5.32 Å². The first-order valence-corrected chi connectivity index (χ1v) is 5.06. The van der Waals surface area contributed by atoms with E-state index in [1.807, 2.05) is 13.8 Å². The zero-order valence-electron chi connectivity index (χ0n) is 8.66. The van der Waals surface area contributed by atoms with Crippen LogP contribution in [0.3, 0.4) is 0 Å². The lowest BCUT2D eigenvalue weighted by molar-refractivity contribution is 0.474. The summed E-state index contributed by atoms with van der Waals surface area (Å²) in [6.07, 6.45) is 0. The molecule has 0 fully saturated rings. The Morgan fingerprint density at radius 3 is 2.60 bits per heavy atom. The second-order valence-electron chi connectivity index (χ2n) is 3.59. The van der Waals surface area contributed by atoms with Crippen LogP contribution in [-0.2, 0) is 0 Å². The first-order chi connectivity index (χ1) is 7.04. The van der Waals surface area contributed by atoms with E-state index in [0.717, 1.165) is 5.56 Å². The summed E-state index contributed by atoms with van der Waals surface area (Å²) in [6.45, 7) is 3.93. The monoisotopic (exact) mass is 224 g/mol. The molecule has 0 aromatic heterocycles. The minimum Gasteiger partial charge on any atom is -0.506 e. The molecule has 0 aliphatic rings. The van der Waals surface area contributed by atoms with Gasteiger partial charge < -0.3 is 5.11 Å². The summed E-state index contributed by atoms with van der Waals surface area (Å²) < 4.78 is 0. The SMILES string of the molecule is CC(C)NC(C#N)c1ccc(O)c(Cl)c1. The number of benzene rings is 1. The van der Waals surface area contributed by atoms with Gasteiger partial charge in [0.1, 0.15) is 11.8 Å². The Balaban J connectivity index is 2.94. The summed E-state index contributed by atoms with van der Waals surface area (Å²) in [6, 6.07) is 6.73. The van der Waals surface area contributed by atoms with Gasteiger partial charge >= 0.3 is 0 Å². The summed E-state index contributed by atoms with van der Waals surface area (Å²) in [5.74, 6) is 0.0293. The minimum absolute atomic E-state index is 0.0293. The Kier molecular flexibility index (Phi) is 3.96. The van der Waals surface area contributed by atoms with E-state index in [9.17, 15) is 5.11 Å². The summed E-state index contributed by atoms with van der Waals surface area (Å²) in [7, 11) is 0. The van der Waals surface area contributed by atoms with Crippen molar-refractivity contribution in [3.63, 3.8) is 0 Å². The Morgan fingerprint density at radius 2 is 2.13 bits per heavy atom. The molecule has 1 unspecified atom stereocenters. The van der Waals surface area contributed by atoms with Crippen molar-refractivity contribution in [3.05, 3.63) is 28.8 Å². The van der Waals surface area contributed by atoms with Gasteiger partial charge in [-0.05, 0) is 31.5 Å². The quantitative estimate of drug-likeness (QED) is 0.830. The van der Waals surface area contributed by atoms with E-state index in [4.69, 9.17) is 16.9 Å². The predicted octanol–water partition coefficient (Wildman–Crippen LogP) is 2.61. The minimum atomic E-state index is -0.400. The number of nitrogens with zero attached hydrogens (tertiary/aromatic N) is 1. The Labute approximate surface area is 94.3 Å². The second kappa shape index (κ2) is 5.01. The van der Waals surface area contributed by atoms with Crippen LogP contribution in [0, 0.1) is 11.3 Å². The largest absolute Gasteiger partial charge is 0.506 e. The number of halogens is 1. The third-order valence-electron chi connectivity index (χ3n) is 1.93. The number of rotatable bonds is 3. The molecule has 1 aromatic rings. The van der Waals surface area contributed by atoms with Crippen molar-refractivity contribution in [3.8, 4) is 11.8 Å². The van der Waals surface area contributed by atoms with Gasteiger partial charge in [-0.1, -0.05) is 17.7 Å². The smallest absolute Gasteiger partial charge is 0.134 e. The number of nitriles is 1. The van der Waals surface area contributed by atoms with E-state index in [-0.39, 0.29) is 16.8 Å². The molecule has 80 valence electrons. The number of phenols is 1. The van der Waals surface area contributed by atoms with Crippen LogP contribution in [0.25, 0.3) is 0 Å². The Morgan fingerprint density at radius 1 is 1.47 bits per heavy atom. The first-order valence-electron chi connectivity index (χ1n) is 4.68. The summed E-state index contributed by atoms with van der Waals surface area (Å²) in [5.41, 5.74) is 0.758. The molecular formula is C11H13ClN2O. The molecule has 0 aliphatic carbocycles. The van der Waals surface area contributed by atoms with Crippen LogP contribution in [0.5, 0.6) is 5.75 Å². The van der Waals surface area contributed by atoms with Crippen molar-refractivity contribution in [1.82, 2.24) is 5.32 Å². The van der Waals surface area contributed by atoms with E-state index in [1.54, 1.807) is 12.1 Å². The van der Waals surface area contributed by atoms with Crippen molar-refractivity contribution >= 4 is 11.6 Å². The van der Waals surface area contributed by atoms with Gasteiger partial charge in [0.15, 0.2) is 0 Å². The van der Waals surface area contributed by atoms with E-state index >= 15 is 0 Å². The van der Waals surface area contributed by atoms with Gasteiger partial charge in [0.05, 0.1) is 11.1 Å². The highest BCUT2D eigenvalue weighted by Gasteiger charge is 2.12. The van der Waals surface area contributed by atoms with Crippen LogP contribution >= 0.6 is 11.6 Å². The van der Waals surface area contributed by atoms with E-state index in [0.29, 0.717) is 0 Å². The molecule has 1 aromatic carbocycles. The van der Waals surface area contributed by atoms with Crippen molar-refractivity contribution in [2.24, 2.45) is 0 Å². The molecule has 0 saturated carbocycles. The highest BCUT2D eigenvalue weighted by molar-refractivity contribution is 6.32. The van der Waals surface area contributed by atoms with Crippen molar-refractivity contribution < 1.29 is 5.11 Å². The summed E-state index contributed by atoms with van der Waals surface area (Å²) in [4.78, 5) is 0. The third kappa shape index (κ3) is 3.12. The maximum absolute atomic E-state index is 9.24. The zero-order chi connectivity index (χ0) is 11.4. The average molecular weight is 225 g/mol. The molecule has 1 rings (SSSR count). The van der Waals surface area contributed by atoms with Crippen molar-refractivity contribution in [2.75, 3.05) is 0 Å². The van der Waals surface area contributed by atoms with Gasteiger partial charge in [0.2, 0.25) is 0 Å². The van der Waals surface area contributed by atoms with Crippen LogP contribution in [0.4, 0.5) is 0 Å². The van der Waals surface area contributed by atoms with E-state index in [1.165, 1.54) is 6.07 Å². The fraction of sp³-hybridized carbons (Fsp3) is 0.364. The molecule has 0 amide bonds. The number of hydrogen-bond donors (Lipinski definition) is 2. The molecule has 3 nitrogen and oxygen atoms in total. The number of hydrogen-bond acceptors (Lipinski definition) is 3. The fourth-order valence-electron chi connectivity index (χ4n) is 1.24. The summed E-state index contributed by atoms with van der Waals surface area (Å²) >= 11 is 5.76. The van der Waals surface area contributed by atoms with Crippen LogP contribution in [0.2, 0.25) is 5.02 Å². The van der Waals surface area contributed by atoms with Crippen molar-refractivity contribution in [2.45, 2.75) is 25.9 Å². The summed E-state index contributed by atoms with van der Waals surface area (Å²) in [5, 5.41) is 21.6. The zero-order valence-corrected chi connectivity index (χ0v) is 9.42. The van der Waals surface area contributed by atoms with Gasteiger partial charge in [0.25, 0.3) is 0 Å². The van der Waals surface area contributed by atoms with Gasteiger partial charge in [-0.15, -0.1) is 0 Å². The molecule has 0 radical (unpaired) electrons. The maximum Gasteiger partial charge on any atom is 0.134 e. The average Bonchev–Trinajstić information content (AvgIpc) is 2.18. The van der Waals surface area contributed by atoms with E-state index in [2.05, 4.69) is 11.4 Å². The highest BCUT2D eigenvalue weighted by Crippen LogP contribution is 2.26. The molecule has 0 saturated heterocycles. The van der Waals surface area contributed by atoms with Crippen LogP contribution in [0.15, 0.2) is 18.2 Å². The first kappa shape index (κ1) is 11.8. The van der Waals surface area contributed by atoms with Crippen LogP contribution in [0.1, 0.15) is 25.5 Å². The lowest BCUT2D eigenvalue weighted by Gasteiger charge is -2.15. The Hall–Kier alpha value is -1.24. The third-order valence-corrected chi connectivity index (χ3v) is 2.24. The predicted molar refractivity (Wildman–Crippen MR) is 59.7 cm³/mol. The maximum atomic E-state index is 9.24. The lowest BCUT2D eigenvalue weighted by Crippen LogP contribution is -2.27. The fourth-order valence-corrected chi connectivity index (χ4v) is 1.43. The van der Waals surface area contributed by atoms with Crippen LogP contribution < -0.4 is 5.32 Å². The molecule has 0 heterocycles. The van der Waals surface area contributed by atoms with Gasteiger partial charge in [0, 0.05) is 6.04 Å².